The summed E-state index contributed by atoms with van der Waals surface area (Å²) in [5.74, 6) is 0.265. The maximum atomic E-state index is 13.3. The van der Waals surface area contributed by atoms with Gasteiger partial charge in [0, 0.05) is 15.4 Å². The zero-order valence-corrected chi connectivity index (χ0v) is 19.3. The van der Waals surface area contributed by atoms with Crippen LogP contribution in [0.4, 0.5) is 10.1 Å². The van der Waals surface area contributed by atoms with E-state index in [4.69, 9.17) is 9.97 Å². The molecule has 1 aromatic heterocycles. The second kappa shape index (κ2) is 9.16. The van der Waals surface area contributed by atoms with Crippen molar-refractivity contribution in [1.29, 1.82) is 0 Å². The van der Waals surface area contributed by atoms with Crippen molar-refractivity contribution in [2.75, 3.05) is 11.1 Å². The zero-order chi connectivity index (χ0) is 22.0. The molecule has 0 spiro atoms. The minimum atomic E-state index is -0.311. The number of fused-ring (bicyclic) bond motifs is 1. The molecule has 0 aliphatic heterocycles. The Kier molecular flexibility index (Phi) is 6.34. The van der Waals surface area contributed by atoms with Crippen molar-refractivity contribution in [3.63, 3.8) is 0 Å². The highest BCUT2D eigenvalue weighted by Gasteiger charge is 2.14. The number of thioether (sulfide) groups is 1. The molecule has 0 aliphatic carbocycles. The maximum Gasteiger partial charge on any atom is 0.234 e. The van der Waals surface area contributed by atoms with Crippen molar-refractivity contribution in [2.24, 2.45) is 0 Å². The molecule has 0 fully saturated rings. The Morgan fingerprint density at radius 2 is 1.84 bits per heavy atom. The molecule has 4 aromatic rings. The van der Waals surface area contributed by atoms with Crippen LogP contribution in [-0.4, -0.2) is 21.6 Å². The molecule has 0 saturated heterocycles. The number of halogens is 2. The molecular weight excluding hydrogens is 477 g/mol. The van der Waals surface area contributed by atoms with Crippen LogP contribution < -0.4 is 5.32 Å². The zero-order valence-electron chi connectivity index (χ0n) is 16.9. The Morgan fingerprint density at radius 1 is 1.06 bits per heavy atom. The number of para-hydroxylation sites is 1. The van der Waals surface area contributed by atoms with Crippen LogP contribution in [0, 0.1) is 19.7 Å². The predicted octanol–water partition coefficient (Wildman–Crippen LogP) is 6.55. The summed E-state index contributed by atoms with van der Waals surface area (Å²) in [6, 6.07) is 17.8. The topological polar surface area (TPSA) is 54.9 Å². The summed E-state index contributed by atoms with van der Waals surface area (Å²) in [4.78, 5) is 22.0. The van der Waals surface area contributed by atoms with Gasteiger partial charge in [-0.2, -0.15) is 0 Å². The second-order valence-corrected chi connectivity index (χ2v) is 8.97. The smallest absolute Gasteiger partial charge is 0.234 e. The van der Waals surface area contributed by atoms with Crippen LogP contribution in [0.1, 0.15) is 11.1 Å². The summed E-state index contributed by atoms with van der Waals surface area (Å²) >= 11 is 4.84. The van der Waals surface area contributed by atoms with Crippen LogP contribution in [0.25, 0.3) is 22.3 Å². The number of benzene rings is 3. The fourth-order valence-electron chi connectivity index (χ4n) is 3.15. The molecule has 31 heavy (non-hydrogen) atoms. The number of carbonyl (C=O) groups excluding carboxylic acids is 1. The Balaban J connectivity index is 1.62. The summed E-state index contributed by atoms with van der Waals surface area (Å²) in [7, 11) is 0. The number of anilines is 1. The van der Waals surface area contributed by atoms with Gasteiger partial charge in [0.1, 0.15) is 10.8 Å². The van der Waals surface area contributed by atoms with Crippen LogP contribution >= 0.6 is 27.7 Å². The summed E-state index contributed by atoms with van der Waals surface area (Å²) in [5, 5.41) is 4.53. The number of aryl methyl sites for hydroxylation is 2. The summed E-state index contributed by atoms with van der Waals surface area (Å²) in [6.07, 6.45) is 0. The SMILES string of the molecule is Cc1ccc(NC(=O)CSc2nc(-c3ccc(F)cc3)nc3c(C)cccc23)c(Br)c1. The van der Waals surface area contributed by atoms with Crippen molar-refractivity contribution in [2.45, 2.75) is 18.9 Å². The lowest BCUT2D eigenvalue weighted by Crippen LogP contribution is -2.14. The number of hydrogen-bond donors (Lipinski definition) is 1. The average Bonchev–Trinajstić information content (AvgIpc) is 2.75. The first-order valence-corrected chi connectivity index (χ1v) is 11.4. The minimum absolute atomic E-state index is 0.127. The highest BCUT2D eigenvalue weighted by atomic mass is 79.9. The lowest BCUT2D eigenvalue weighted by Gasteiger charge is -2.11. The molecule has 0 aliphatic rings. The molecule has 0 saturated carbocycles. The molecule has 7 heteroatoms. The standard InChI is InChI=1S/C24H19BrFN3OS/c1-14-6-11-20(19(25)12-14)27-21(30)13-31-24-18-5-3-4-15(2)22(18)28-23(29-24)16-7-9-17(26)10-8-16/h3-12H,13H2,1-2H3,(H,27,30). The van der Waals surface area contributed by atoms with Crippen LogP contribution in [0.15, 0.2) is 70.2 Å². The highest BCUT2D eigenvalue weighted by Crippen LogP contribution is 2.30. The first kappa shape index (κ1) is 21.5. The van der Waals surface area contributed by atoms with E-state index in [0.29, 0.717) is 10.9 Å². The van der Waals surface area contributed by atoms with E-state index in [9.17, 15) is 9.18 Å². The van der Waals surface area contributed by atoms with Gasteiger partial charge < -0.3 is 5.32 Å². The van der Waals surface area contributed by atoms with Gasteiger partial charge in [0.2, 0.25) is 5.91 Å². The van der Waals surface area contributed by atoms with E-state index in [1.54, 1.807) is 12.1 Å². The second-order valence-electron chi connectivity index (χ2n) is 7.15. The van der Waals surface area contributed by atoms with E-state index in [1.165, 1.54) is 23.9 Å². The van der Waals surface area contributed by atoms with Crippen molar-refractivity contribution in [3.05, 3.63) is 82.1 Å². The van der Waals surface area contributed by atoms with E-state index in [-0.39, 0.29) is 17.5 Å². The van der Waals surface area contributed by atoms with Gasteiger partial charge in [-0.25, -0.2) is 14.4 Å². The van der Waals surface area contributed by atoms with Crippen LogP contribution in [0.3, 0.4) is 0 Å². The lowest BCUT2D eigenvalue weighted by molar-refractivity contribution is -0.113. The Labute approximate surface area is 192 Å². The van der Waals surface area contributed by atoms with E-state index >= 15 is 0 Å². The number of nitrogens with one attached hydrogen (secondary N) is 1. The predicted molar refractivity (Wildman–Crippen MR) is 128 cm³/mol. The summed E-state index contributed by atoms with van der Waals surface area (Å²) in [6.45, 7) is 3.98. The molecule has 4 nitrogen and oxygen atoms in total. The molecule has 1 heterocycles. The normalized spacial score (nSPS) is 11.0. The number of aromatic nitrogens is 2. The average molecular weight is 496 g/mol. The van der Waals surface area contributed by atoms with Crippen LogP contribution in [0.5, 0.6) is 0 Å². The number of nitrogens with zero attached hydrogens (tertiary/aromatic N) is 2. The molecule has 1 N–H and O–H groups in total. The number of hydrogen-bond acceptors (Lipinski definition) is 4. The van der Waals surface area contributed by atoms with Gasteiger partial charge in [0.15, 0.2) is 5.82 Å². The van der Waals surface area contributed by atoms with Crippen LogP contribution in [-0.2, 0) is 4.79 Å². The van der Waals surface area contributed by atoms with Crippen molar-refractivity contribution >= 4 is 50.2 Å². The van der Waals surface area contributed by atoms with Gasteiger partial charge in [-0.05, 0) is 77.3 Å². The number of amides is 1. The highest BCUT2D eigenvalue weighted by molar-refractivity contribution is 9.10. The van der Waals surface area contributed by atoms with Gasteiger partial charge in [-0.1, -0.05) is 36.0 Å². The monoisotopic (exact) mass is 495 g/mol. The fourth-order valence-corrected chi connectivity index (χ4v) is 4.55. The molecule has 3 aromatic carbocycles. The van der Waals surface area contributed by atoms with E-state index in [2.05, 4.69) is 21.2 Å². The quantitative estimate of drug-likeness (QED) is 0.252. The summed E-state index contributed by atoms with van der Waals surface area (Å²) < 4.78 is 14.2. The Bertz CT molecular complexity index is 1280. The van der Waals surface area contributed by atoms with E-state index < -0.39 is 0 Å². The minimum Gasteiger partial charge on any atom is -0.324 e. The van der Waals surface area contributed by atoms with Crippen LogP contribution in [0.2, 0.25) is 0 Å². The van der Waals surface area contributed by atoms with Crippen molar-refractivity contribution in [3.8, 4) is 11.4 Å². The molecule has 0 bridgehead atoms. The van der Waals surface area contributed by atoms with E-state index in [0.717, 1.165) is 37.8 Å². The van der Waals surface area contributed by atoms with Crippen molar-refractivity contribution < 1.29 is 9.18 Å². The Hall–Kier alpha value is -2.77. The Morgan fingerprint density at radius 3 is 2.58 bits per heavy atom. The third kappa shape index (κ3) is 4.94. The third-order valence-corrected chi connectivity index (χ3v) is 6.38. The first-order valence-electron chi connectivity index (χ1n) is 9.63. The molecule has 0 radical (unpaired) electrons. The molecule has 0 atom stereocenters. The summed E-state index contributed by atoms with van der Waals surface area (Å²) in [5.41, 5.74) is 4.39. The van der Waals surface area contributed by atoms with Gasteiger partial charge >= 0.3 is 0 Å². The number of carbonyl (C=O) groups is 1. The molecule has 1 amide bonds. The molecule has 4 rings (SSSR count). The lowest BCUT2D eigenvalue weighted by atomic mass is 10.1. The number of rotatable bonds is 5. The van der Waals surface area contributed by atoms with Gasteiger partial charge in [0.05, 0.1) is 17.0 Å². The third-order valence-electron chi connectivity index (χ3n) is 4.73. The van der Waals surface area contributed by atoms with Gasteiger partial charge in [-0.15, -0.1) is 0 Å². The van der Waals surface area contributed by atoms with Crippen molar-refractivity contribution in [1.82, 2.24) is 9.97 Å². The van der Waals surface area contributed by atoms with Gasteiger partial charge in [-0.3, -0.25) is 4.79 Å². The largest absolute Gasteiger partial charge is 0.324 e. The van der Waals surface area contributed by atoms with E-state index in [1.807, 2.05) is 50.2 Å². The molecule has 156 valence electrons. The fraction of sp³-hybridized carbons (Fsp3) is 0.125. The van der Waals surface area contributed by atoms with Gasteiger partial charge in [0.25, 0.3) is 0 Å². The molecule has 0 unspecified atom stereocenters. The maximum absolute atomic E-state index is 13.3. The first-order chi connectivity index (χ1) is 14.9. The molecular formula is C24H19BrFN3OS.